The average molecular weight is 623 g/mol. The van der Waals surface area contributed by atoms with Gasteiger partial charge in [0.05, 0.1) is 13.2 Å². The molecule has 202 valence electrons. The van der Waals surface area contributed by atoms with Gasteiger partial charge in [0.2, 0.25) is 0 Å². The van der Waals surface area contributed by atoms with Crippen LogP contribution >= 0.6 is 0 Å². The topological polar surface area (TPSA) is 18.5 Å². The van der Waals surface area contributed by atoms with E-state index < -0.39 is 0 Å². The molecule has 2 aromatic carbocycles. The van der Waals surface area contributed by atoms with Crippen molar-refractivity contribution in [3.8, 4) is 22.6 Å². The summed E-state index contributed by atoms with van der Waals surface area (Å²) in [5.41, 5.74) is 4.74. The molecule has 0 saturated heterocycles. The van der Waals surface area contributed by atoms with Gasteiger partial charge in [0, 0.05) is 5.56 Å². The maximum absolute atomic E-state index is 6.27. The first-order chi connectivity index (χ1) is 16.7. The van der Waals surface area contributed by atoms with Gasteiger partial charge in [0.25, 0.3) is 0 Å². The quantitative estimate of drug-likeness (QED) is 0.177. The van der Waals surface area contributed by atoms with Crippen molar-refractivity contribution >= 4 is 0 Å². The third-order valence-electron chi connectivity index (χ3n) is 6.17. The largest absolute Gasteiger partial charge is 1.00 e. The molecule has 0 amide bonds. The lowest BCUT2D eigenvalue weighted by Gasteiger charge is -2.16. The highest BCUT2D eigenvalue weighted by Crippen LogP contribution is 2.35. The van der Waals surface area contributed by atoms with Crippen LogP contribution in [0.25, 0.3) is 11.1 Å². The molecule has 0 bridgehead atoms. The Labute approximate surface area is 242 Å². The summed E-state index contributed by atoms with van der Waals surface area (Å²) in [6, 6.07) is 13.0. The maximum Gasteiger partial charge on any atom is 0.127 e. The molecule has 0 N–H and O–H groups in total. The van der Waals surface area contributed by atoms with Gasteiger partial charge in [-0.1, -0.05) is 89.5 Å². The fourth-order valence-electron chi connectivity index (χ4n) is 4.20. The molecule has 0 spiro atoms. The lowest BCUT2D eigenvalue weighted by Crippen LogP contribution is -3.00. The van der Waals surface area contributed by atoms with Crippen molar-refractivity contribution < 1.29 is 43.4 Å². The van der Waals surface area contributed by atoms with E-state index in [0.717, 1.165) is 56.0 Å². The molecule has 0 aromatic heterocycles. The Morgan fingerprint density at radius 3 is 1.78 bits per heavy atom. The number of allylic oxidation sites excluding steroid dienone is 2. The van der Waals surface area contributed by atoms with Crippen LogP contribution in [0.2, 0.25) is 0 Å². The molecular weight excluding hydrogens is 576 g/mol. The van der Waals surface area contributed by atoms with Crippen molar-refractivity contribution in [2.45, 2.75) is 90.9 Å². The van der Waals surface area contributed by atoms with Crippen LogP contribution in [0.4, 0.5) is 0 Å². The van der Waals surface area contributed by atoms with Crippen molar-refractivity contribution in [1.82, 2.24) is 0 Å². The second-order valence-corrected chi connectivity index (χ2v) is 9.16. The Morgan fingerprint density at radius 1 is 0.639 bits per heavy atom. The third kappa shape index (κ3) is 12.6. The van der Waals surface area contributed by atoms with E-state index in [2.05, 4.69) is 63.4 Å². The first kappa shape index (κ1) is 34.5. The van der Waals surface area contributed by atoms with E-state index in [4.69, 9.17) is 9.47 Å². The molecule has 2 nitrogen and oxygen atoms in total. The Kier molecular flexibility index (Phi) is 20.6. The number of unbranched alkanes of at least 4 members (excludes halogenated alkanes) is 8. The van der Waals surface area contributed by atoms with E-state index in [1.807, 2.05) is 12.2 Å². The van der Waals surface area contributed by atoms with E-state index in [9.17, 15) is 0 Å². The third-order valence-corrected chi connectivity index (χ3v) is 6.17. The van der Waals surface area contributed by atoms with E-state index in [1.165, 1.54) is 68.1 Å². The summed E-state index contributed by atoms with van der Waals surface area (Å²) in [6.07, 6.45) is 17.9. The van der Waals surface area contributed by atoms with Gasteiger partial charge >= 0.3 is 0 Å². The van der Waals surface area contributed by atoms with E-state index in [-0.39, 0.29) is 34.0 Å². The molecule has 4 heteroatoms. The van der Waals surface area contributed by atoms with E-state index in [1.54, 1.807) is 0 Å². The number of hydrogen-bond donors (Lipinski definition) is 0. The van der Waals surface area contributed by atoms with Crippen LogP contribution in [0.3, 0.4) is 0 Å². The predicted octanol–water partition coefficient (Wildman–Crippen LogP) is 3.52. The van der Waals surface area contributed by atoms with Gasteiger partial charge in [-0.05, 0) is 66.6 Å². The number of hydrogen-bond acceptors (Lipinski definition) is 2. The summed E-state index contributed by atoms with van der Waals surface area (Å²) in [5, 5.41) is 0. The van der Waals surface area contributed by atoms with Crippen molar-refractivity contribution in [3.63, 3.8) is 0 Å². The zero-order chi connectivity index (χ0) is 24.4. The summed E-state index contributed by atoms with van der Waals surface area (Å²) in [5.74, 6) is 1.93. The standard InChI is InChI=1S/C32H46O2.2BrH/c1-5-9-11-13-15-23-33-31-22-20-28(26-29(31)18-8-4)30-25-27(17-7-3)19-21-32(30)34-24-16-14-12-10-6-2;;/h7-8,19-22,25-26H,3-6,9-18,23-24H2,1-2H3;2*1H/p-2. The molecule has 0 fully saturated rings. The molecule has 0 aliphatic rings. The first-order valence-electron chi connectivity index (χ1n) is 13.5. The van der Waals surface area contributed by atoms with E-state index >= 15 is 0 Å². The minimum Gasteiger partial charge on any atom is -1.00 e. The molecular formula is C32H46Br2O2-2. The van der Waals surface area contributed by atoms with Crippen LogP contribution in [0.15, 0.2) is 61.7 Å². The van der Waals surface area contributed by atoms with Crippen LogP contribution in [0.5, 0.6) is 11.5 Å². The highest BCUT2D eigenvalue weighted by molar-refractivity contribution is 5.73. The molecule has 0 aliphatic carbocycles. The number of rotatable bonds is 19. The monoisotopic (exact) mass is 620 g/mol. The smallest absolute Gasteiger partial charge is 0.127 e. The Balaban J connectivity index is 0.00000612. The summed E-state index contributed by atoms with van der Waals surface area (Å²) in [6.45, 7) is 13.9. The molecule has 0 radical (unpaired) electrons. The van der Waals surface area contributed by atoms with Crippen molar-refractivity contribution in [1.29, 1.82) is 0 Å². The molecule has 0 unspecified atom stereocenters. The normalized spacial score (nSPS) is 10.2. The van der Waals surface area contributed by atoms with Crippen molar-refractivity contribution in [2.75, 3.05) is 13.2 Å². The number of ether oxygens (including phenoxy) is 2. The zero-order valence-electron chi connectivity index (χ0n) is 22.5. The summed E-state index contributed by atoms with van der Waals surface area (Å²) < 4.78 is 12.4. The molecule has 0 heterocycles. The van der Waals surface area contributed by atoms with Gasteiger partial charge in [-0.15, -0.1) is 13.2 Å². The lowest BCUT2D eigenvalue weighted by atomic mass is 9.97. The Morgan fingerprint density at radius 2 is 1.19 bits per heavy atom. The lowest BCUT2D eigenvalue weighted by molar-refractivity contribution is -0.001000. The number of halogens is 2. The summed E-state index contributed by atoms with van der Waals surface area (Å²) in [7, 11) is 0. The van der Waals surface area contributed by atoms with Gasteiger partial charge in [0.1, 0.15) is 11.5 Å². The molecule has 0 aliphatic heterocycles. The van der Waals surface area contributed by atoms with Crippen LogP contribution in [0.1, 0.15) is 89.2 Å². The highest BCUT2D eigenvalue weighted by atomic mass is 79.9. The van der Waals surface area contributed by atoms with Gasteiger partial charge in [-0.3, -0.25) is 0 Å². The summed E-state index contributed by atoms with van der Waals surface area (Å²) in [4.78, 5) is 0. The highest BCUT2D eigenvalue weighted by Gasteiger charge is 2.12. The Hall–Kier alpha value is -1.52. The van der Waals surface area contributed by atoms with Crippen LogP contribution in [-0.2, 0) is 12.8 Å². The zero-order valence-corrected chi connectivity index (χ0v) is 25.7. The van der Waals surface area contributed by atoms with Crippen molar-refractivity contribution in [3.05, 3.63) is 72.8 Å². The number of benzene rings is 2. The molecule has 2 aromatic rings. The molecule has 2 rings (SSSR count). The maximum atomic E-state index is 6.27. The van der Waals surface area contributed by atoms with Crippen LogP contribution < -0.4 is 43.4 Å². The molecule has 0 saturated carbocycles. The SMILES string of the molecule is C=CCc1ccc(OCCCCCCC)c(-c2ccc(OCCCCCCC)c(CC=C)c2)c1.[Br-].[Br-]. The second-order valence-electron chi connectivity index (χ2n) is 9.16. The van der Waals surface area contributed by atoms with Crippen molar-refractivity contribution in [2.24, 2.45) is 0 Å². The van der Waals surface area contributed by atoms with E-state index in [0.29, 0.717) is 0 Å². The van der Waals surface area contributed by atoms with Crippen LogP contribution in [-0.4, -0.2) is 13.2 Å². The average Bonchev–Trinajstić information content (AvgIpc) is 2.85. The fraction of sp³-hybridized carbons (Fsp3) is 0.500. The predicted molar refractivity (Wildman–Crippen MR) is 148 cm³/mol. The molecule has 36 heavy (non-hydrogen) atoms. The minimum absolute atomic E-state index is 0. The Bertz CT molecular complexity index is 863. The van der Waals surface area contributed by atoms with Crippen LogP contribution in [0, 0.1) is 0 Å². The van der Waals surface area contributed by atoms with Gasteiger partial charge in [-0.25, -0.2) is 0 Å². The first-order valence-corrected chi connectivity index (χ1v) is 13.5. The summed E-state index contributed by atoms with van der Waals surface area (Å²) >= 11 is 0. The van der Waals surface area contributed by atoms with Gasteiger partial charge in [0.15, 0.2) is 0 Å². The van der Waals surface area contributed by atoms with Gasteiger partial charge < -0.3 is 43.4 Å². The second kappa shape index (κ2) is 21.6. The van der Waals surface area contributed by atoms with Gasteiger partial charge in [-0.2, -0.15) is 0 Å². The minimum atomic E-state index is 0. The fourth-order valence-corrected chi connectivity index (χ4v) is 4.20. The molecule has 0 atom stereocenters.